The molecule has 2 aromatic carbocycles. The van der Waals surface area contributed by atoms with Crippen molar-refractivity contribution in [3.05, 3.63) is 64.7 Å². The van der Waals surface area contributed by atoms with Gasteiger partial charge in [-0.15, -0.1) is 0 Å². The molecule has 35 heavy (non-hydrogen) atoms. The summed E-state index contributed by atoms with van der Waals surface area (Å²) in [6.07, 6.45) is 0.813. The highest BCUT2D eigenvalue weighted by Crippen LogP contribution is 2.40. The molecule has 0 bridgehead atoms. The molecule has 2 aliphatic rings. The van der Waals surface area contributed by atoms with Crippen LogP contribution in [0.3, 0.4) is 0 Å². The van der Waals surface area contributed by atoms with Crippen molar-refractivity contribution in [3.63, 3.8) is 0 Å². The number of amides is 1. The summed E-state index contributed by atoms with van der Waals surface area (Å²) < 4.78 is 5.78. The predicted octanol–water partition coefficient (Wildman–Crippen LogP) is 3.84. The van der Waals surface area contributed by atoms with E-state index in [4.69, 9.17) is 4.74 Å². The molecule has 0 saturated carbocycles. The zero-order valence-electron chi connectivity index (χ0n) is 21.2. The van der Waals surface area contributed by atoms with Crippen molar-refractivity contribution in [2.24, 2.45) is 0 Å². The SMILES string of the molecule is CCN(CC)CCN1C(=O)C(=O)/C(=C(/O)c2ccc3c(c2)C[C@H](C)O3)[C@H]1c1ccc(N(C)C)cc1. The molecule has 0 aliphatic carbocycles. The van der Waals surface area contributed by atoms with Crippen LogP contribution < -0.4 is 9.64 Å². The summed E-state index contributed by atoms with van der Waals surface area (Å²) in [5.74, 6) is -0.561. The largest absolute Gasteiger partial charge is 0.507 e. The second-order valence-electron chi connectivity index (χ2n) is 9.46. The third-order valence-corrected chi connectivity index (χ3v) is 6.99. The smallest absolute Gasteiger partial charge is 0.295 e. The molecule has 0 aromatic heterocycles. The van der Waals surface area contributed by atoms with Gasteiger partial charge in [0.1, 0.15) is 17.6 Å². The normalized spacial score (nSPS) is 20.9. The van der Waals surface area contributed by atoms with Crippen molar-refractivity contribution in [1.82, 2.24) is 9.80 Å². The number of ketones is 1. The van der Waals surface area contributed by atoms with Gasteiger partial charge in [0.25, 0.3) is 11.7 Å². The lowest BCUT2D eigenvalue weighted by atomic mass is 9.94. The van der Waals surface area contributed by atoms with Gasteiger partial charge < -0.3 is 24.5 Å². The Labute approximate surface area is 207 Å². The van der Waals surface area contributed by atoms with Crippen LogP contribution >= 0.6 is 0 Å². The zero-order chi connectivity index (χ0) is 25.3. The third-order valence-electron chi connectivity index (χ3n) is 6.99. The molecule has 7 heteroatoms. The van der Waals surface area contributed by atoms with Crippen molar-refractivity contribution in [2.75, 3.05) is 45.2 Å². The Morgan fingerprint density at radius 1 is 1.09 bits per heavy atom. The summed E-state index contributed by atoms with van der Waals surface area (Å²) in [7, 11) is 3.92. The molecule has 1 fully saturated rings. The van der Waals surface area contributed by atoms with Gasteiger partial charge in [0.15, 0.2) is 0 Å². The van der Waals surface area contributed by atoms with Crippen LogP contribution in [0.5, 0.6) is 5.75 Å². The molecule has 2 aliphatic heterocycles. The van der Waals surface area contributed by atoms with Gasteiger partial charge in [-0.25, -0.2) is 0 Å². The van der Waals surface area contributed by atoms with Crippen molar-refractivity contribution in [2.45, 2.75) is 39.3 Å². The van der Waals surface area contributed by atoms with Crippen LogP contribution in [0.15, 0.2) is 48.0 Å². The molecular formula is C28H35N3O4. The van der Waals surface area contributed by atoms with Gasteiger partial charge in [0.05, 0.1) is 11.6 Å². The Morgan fingerprint density at radius 2 is 1.77 bits per heavy atom. The number of carbonyl (C=O) groups excluding carboxylic acids is 2. The van der Waals surface area contributed by atoms with E-state index in [1.54, 1.807) is 11.0 Å². The average Bonchev–Trinajstić information content (AvgIpc) is 3.35. The van der Waals surface area contributed by atoms with Crippen LogP contribution in [0.25, 0.3) is 5.76 Å². The second kappa shape index (κ2) is 10.1. The summed E-state index contributed by atoms with van der Waals surface area (Å²) in [6.45, 7) is 8.93. The Morgan fingerprint density at radius 3 is 2.40 bits per heavy atom. The minimum atomic E-state index is -0.648. The van der Waals surface area contributed by atoms with E-state index in [0.29, 0.717) is 18.7 Å². The number of likely N-dealkylation sites (tertiary alicyclic amines) is 1. The zero-order valence-corrected chi connectivity index (χ0v) is 21.2. The van der Waals surface area contributed by atoms with Crippen LogP contribution in [-0.4, -0.2) is 73.0 Å². The summed E-state index contributed by atoms with van der Waals surface area (Å²) >= 11 is 0. The van der Waals surface area contributed by atoms with Gasteiger partial charge in [-0.2, -0.15) is 0 Å². The molecule has 2 heterocycles. The molecule has 7 nitrogen and oxygen atoms in total. The number of fused-ring (bicyclic) bond motifs is 1. The number of likely N-dealkylation sites (N-methyl/N-ethyl adjacent to an activating group) is 1. The molecule has 1 amide bonds. The van der Waals surface area contributed by atoms with E-state index in [9.17, 15) is 14.7 Å². The van der Waals surface area contributed by atoms with Gasteiger partial charge in [0.2, 0.25) is 0 Å². The van der Waals surface area contributed by atoms with Crippen LogP contribution in [0.4, 0.5) is 5.69 Å². The minimum Gasteiger partial charge on any atom is -0.507 e. The fourth-order valence-corrected chi connectivity index (χ4v) is 4.93. The van der Waals surface area contributed by atoms with Crippen molar-refractivity contribution in [3.8, 4) is 5.75 Å². The molecule has 186 valence electrons. The predicted molar refractivity (Wildman–Crippen MR) is 138 cm³/mol. The molecule has 2 aromatic rings. The lowest BCUT2D eigenvalue weighted by Crippen LogP contribution is -2.38. The van der Waals surface area contributed by atoms with Crippen LogP contribution in [-0.2, 0) is 16.0 Å². The van der Waals surface area contributed by atoms with Gasteiger partial charge >= 0.3 is 0 Å². The number of Topliss-reactive ketones (excluding diaryl/α,β-unsaturated/α-hetero) is 1. The van der Waals surface area contributed by atoms with E-state index < -0.39 is 17.7 Å². The first-order valence-corrected chi connectivity index (χ1v) is 12.3. The second-order valence-corrected chi connectivity index (χ2v) is 9.46. The van der Waals surface area contributed by atoms with E-state index >= 15 is 0 Å². The van der Waals surface area contributed by atoms with Gasteiger partial charge in [-0.3, -0.25) is 9.59 Å². The first-order valence-electron chi connectivity index (χ1n) is 12.3. The maximum absolute atomic E-state index is 13.3. The number of hydrogen-bond acceptors (Lipinski definition) is 6. The van der Waals surface area contributed by atoms with Gasteiger partial charge in [0, 0.05) is 44.9 Å². The lowest BCUT2D eigenvalue weighted by Gasteiger charge is -2.28. The Hall–Kier alpha value is -3.32. The van der Waals surface area contributed by atoms with E-state index in [-0.39, 0.29) is 17.4 Å². The quantitative estimate of drug-likeness (QED) is 0.354. The van der Waals surface area contributed by atoms with E-state index in [1.807, 2.05) is 62.3 Å². The first kappa shape index (κ1) is 24.8. The highest BCUT2D eigenvalue weighted by molar-refractivity contribution is 6.46. The van der Waals surface area contributed by atoms with E-state index in [1.165, 1.54) is 0 Å². The highest BCUT2D eigenvalue weighted by Gasteiger charge is 2.46. The maximum atomic E-state index is 13.3. The van der Waals surface area contributed by atoms with Gasteiger partial charge in [-0.05, 0) is 61.5 Å². The summed E-state index contributed by atoms with van der Waals surface area (Å²) in [5, 5.41) is 11.4. The highest BCUT2D eigenvalue weighted by atomic mass is 16.5. The lowest BCUT2D eigenvalue weighted by molar-refractivity contribution is -0.140. The topological polar surface area (TPSA) is 73.3 Å². The molecule has 1 N–H and O–H groups in total. The number of aliphatic hydroxyl groups excluding tert-OH is 1. The monoisotopic (exact) mass is 477 g/mol. The average molecular weight is 478 g/mol. The Kier molecular flexibility index (Phi) is 7.17. The number of anilines is 1. The molecule has 2 atom stereocenters. The summed E-state index contributed by atoms with van der Waals surface area (Å²) in [5.41, 5.74) is 3.47. The number of rotatable bonds is 8. The third kappa shape index (κ3) is 4.78. The fourth-order valence-electron chi connectivity index (χ4n) is 4.93. The Balaban J connectivity index is 1.78. The molecule has 0 spiro atoms. The van der Waals surface area contributed by atoms with Crippen LogP contribution in [0.2, 0.25) is 0 Å². The van der Waals surface area contributed by atoms with Crippen LogP contribution in [0.1, 0.15) is 43.5 Å². The number of hydrogen-bond donors (Lipinski definition) is 1. The standard InChI is InChI=1S/C28H35N3O4/c1-6-30(7-2)14-15-31-25(19-8-11-22(12-9-19)29(4)5)24(27(33)28(31)34)26(32)20-10-13-23-21(17-20)16-18(3)35-23/h8-13,17-18,25,32H,6-7,14-16H2,1-5H3/b26-24+/t18-,25+/m0/s1. The Bertz CT molecular complexity index is 1140. The molecule has 4 rings (SSSR count). The fraction of sp³-hybridized carbons (Fsp3) is 0.429. The summed E-state index contributed by atoms with van der Waals surface area (Å²) in [6, 6.07) is 12.6. The van der Waals surface area contributed by atoms with Crippen molar-refractivity contribution >= 4 is 23.1 Å². The van der Waals surface area contributed by atoms with E-state index in [0.717, 1.165) is 42.1 Å². The number of aliphatic hydroxyl groups is 1. The molecule has 0 radical (unpaired) electrons. The van der Waals surface area contributed by atoms with Gasteiger partial charge in [-0.1, -0.05) is 26.0 Å². The van der Waals surface area contributed by atoms with Crippen molar-refractivity contribution < 1.29 is 19.4 Å². The van der Waals surface area contributed by atoms with Crippen molar-refractivity contribution in [1.29, 1.82) is 0 Å². The molecule has 0 unspecified atom stereocenters. The molecule has 1 saturated heterocycles. The van der Waals surface area contributed by atoms with Crippen LogP contribution in [0, 0.1) is 0 Å². The maximum Gasteiger partial charge on any atom is 0.295 e. The number of ether oxygens (including phenoxy) is 1. The van der Waals surface area contributed by atoms with E-state index in [2.05, 4.69) is 18.7 Å². The molecular weight excluding hydrogens is 442 g/mol. The first-order chi connectivity index (χ1) is 16.7. The number of benzene rings is 2. The number of carbonyl (C=O) groups is 2. The summed E-state index contributed by atoms with van der Waals surface area (Å²) in [4.78, 5) is 32.3. The minimum absolute atomic E-state index is 0.0725. The number of nitrogens with zero attached hydrogens (tertiary/aromatic N) is 3.